The molecular weight excluding hydrogens is 246 g/mol. The quantitative estimate of drug-likeness (QED) is 0.864. The number of thiophene rings is 1. The predicted molar refractivity (Wildman–Crippen MR) is 61.2 cm³/mol. The molecule has 1 aliphatic rings. The van der Waals surface area contributed by atoms with E-state index in [-0.39, 0.29) is 0 Å². The van der Waals surface area contributed by atoms with Crippen molar-refractivity contribution in [3.63, 3.8) is 0 Å². The Labute approximate surface area is 91.5 Å². The van der Waals surface area contributed by atoms with Crippen molar-refractivity contribution >= 4 is 27.3 Å². The molecule has 0 amide bonds. The number of hydrogen-bond acceptors (Lipinski definition) is 2. The second-order valence-electron chi connectivity index (χ2n) is 3.66. The van der Waals surface area contributed by atoms with Crippen molar-refractivity contribution in [2.45, 2.75) is 38.6 Å². The highest BCUT2D eigenvalue weighted by atomic mass is 79.9. The summed E-state index contributed by atoms with van der Waals surface area (Å²) in [5.74, 6) is 0.807. The van der Waals surface area contributed by atoms with E-state index in [1.165, 1.54) is 33.5 Å². The predicted octanol–water partition coefficient (Wildman–Crippen LogP) is 3.55. The fourth-order valence-corrected chi connectivity index (χ4v) is 4.08. The van der Waals surface area contributed by atoms with E-state index in [0.29, 0.717) is 6.54 Å². The van der Waals surface area contributed by atoms with Gasteiger partial charge in [-0.1, -0.05) is 6.42 Å². The third kappa shape index (κ3) is 1.58. The number of nitrogens with two attached hydrogens (primary N) is 1. The summed E-state index contributed by atoms with van der Waals surface area (Å²) in [6, 6.07) is 0. The molecule has 13 heavy (non-hydrogen) atoms. The summed E-state index contributed by atoms with van der Waals surface area (Å²) in [6.45, 7) is 2.89. The molecule has 2 rings (SSSR count). The Morgan fingerprint density at radius 3 is 2.69 bits per heavy atom. The summed E-state index contributed by atoms with van der Waals surface area (Å²) < 4.78 is 1.24. The van der Waals surface area contributed by atoms with E-state index >= 15 is 0 Å². The zero-order valence-electron chi connectivity index (χ0n) is 7.77. The average Bonchev–Trinajstić information content (AvgIpc) is 2.24. The van der Waals surface area contributed by atoms with Gasteiger partial charge in [0, 0.05) is 11.4 Å². The molecule has 3 heteroatoms. The second-order valence-corrected chi connectivity index (χ2v) is 6.20. The summed E-state index contributed by atoms with van der Waals surface area (Å²) in [5, 5.41) is 0. The molecular formula is C10H14BrNS. The van der Waals surface area contributed by atoms with Crippen LogP contribution in [-0.4, -0.2) is 0 Å². The molecule has 0 unspecified atom stereocenters. The van der Waals surface area contributed by atoms with Crippen molar-refractivity contribution in [2.75, 3.05) is 0 Å². The minimum atomic E-state index is 0.677. The van der Waals surface area contributed by atoms with Crippen molar-refractivity contribution in [3.8, 4) is 0 Å². The molecule has 1 aromatic rings. The number of halogens is 1. The van der Waals surface area contributed by atoms with Crippen LogP contribution in [0.4, 0.5) is 0 Å². The lowest BCUT2D eigenvalue weighted by molar-refractivity contribution is 0.417. The van der Waals surface area contributed by atoms with Gasteiger partial charge in [-0.3, -0.25) is 0 Å². The Morgan fingerprint density at radius 1 is 1.54 bits per heavy atom. The maximum atomic E-state index is 5.76. The molecule has 1 fully saturated rings. The van der Waals surface area contributed by atoms with Crippen molar-refractivity contribution in [3.05, 3.63) is 19.8 Å². The normalized spacial score (nSPS) is 17.5. The minimum Gasteiger partial charge on any atom is -0.326 e. The van der Waals surface area contributed by atoms with E-state index in [4.69, 9.17) is 5.73 Å². The Morgan fingerprint density at radius 2 is 2.23 bits per heavy atom. The van der Waals surface area contributed by atoms with Gasteiger partial charge >= 0.3 is 0 Å². The topological polar surface area (TPSA) is 26.0 Å². The van der Waals surface area contributed by atoms with Crippen molar-refractivity contribution < 1.29 is 0 Å². The Balaban J connectivity index is 2.40. The third-order valence-corrected chi connectivity index (χ3v) is 4.82. The molecule has 1 aromatic heterocycles. The highest BCUT2D eigenvalue weighted by molar-refractivity contribution is 9.11. The number of hydrogen-bond donors (Lipinski definition) is 1. The molecule has 0 radical (unpaired) electrons. The van der Waals surface area contributed by atoms with Crippen molar-refractivity contribution in [1.82, 2.24) is 0 Å². The lowest BCUT2D eigenvalue weighted by Gasteiger charge is -2.27. The molecule has 1 nitrogen and oxygen atoms in total. The van der Waals surface area contributed by atoms with Gasteiger partial charge in [-0.2, -0.15) is 0 Å². The van der Waals surface area contributed by atoms with Crippen LogP contribution >= 0.6 is 27.3 Å². The van der Waals surface area contributed by atoms with Gasteiger partial charge < -0.3 is 5.73 Å². The van der Waals surface area contributed by atoms with Gasteiger partial charge in [0.2, 0.25) is 0 Å². The Bertz CT molecular complexity index is 315. The lowest BCUT2D eigenvalue weighted by atomic mass is 9.78. The molecule has 72 valence electrons. The van der Waals surface area contributed by atoms with Gasteiger partial charge in [-0.05, 0) is 52.7 Å². The van der Waals surface area contributed by atoms with Crippen LogP contribution in [0.1, 0.15) is 41.2 Å². The first-order chi connectivity index (χ1) is 6.24. The van der Waals surface area contributed by atoms with Crippen LogP contribution in [0.2, 0.25) is 0 Å². The fraction of sp³-hybridized carbons (Fsp3) is 0.600. The van der Waals surface area contributed by atoms with Crippen LogP contribution in [0.3, 0.4) is 0 Å². The highest BCUT2D eigenvalue weighted by Crippen LogP contribution is 2.44. The minimum absolute atomic E-state index is 0.677. The first-order valence-electron chi connectivity index (χ1n) is 4.71. The molecule has 0 aromatic carbocycles. The SMILES string of the molecule is Cc1sc(Br)c(CN)c1C1CCC1. The largest absolute Gasteiger partial charge is 0.326 e. The van der Waals surface area contributed by atoms with Gasteiger partial charge in [0.1, 0.15) is 0 Å². The average molecular weight is 260 g/mol. The van der Waals surface area contributed by atoms with E-state index in [0.717, 1.165) is 5.92 Å². The van der Waals surface area contributed by atoms with E-state index < -0.39 is 0 Å². The number of aryl methyl sites for hydroxylation is 1. The van der Waals surface area contributed by atoms with E-state index in [2.05, 4.69) is 22.9 Å². The zero-order valence-corrected chi connectivity index (χ0v) is 10.2. The smallest absolute Gasteiger partial charge is 0.0749 e. The zero-order chi connectivity index (χ0) is 9.42. The Kier molecular flexibility index (Phi) is 2.77. The lowest BCUT2D eigenvalue weighted by Crippen LogP contribution is -2.12. The molecule has 0 spiro atoms. The van der Waals surface area contributed by atoms with Gasteiger partial charge in [0.25, 0.3) is 0 Å². The van der Waals surface area contributed by atoms with E-state index in [1.807, 2.05) is 11.3 Å². The van der Waals surface area contributed by atoms with Gasteiger partial charge in [-0.25, -0.2) is 0 Å². The molecule has 1 saturated carbocycles. The molecule has 0 aliphatic heterocycles. The van der Waals surface area contributed by atoms with Gasteiger partial charge in [0.15, 0.2) is 0 Å². The summed E-state index contributed by atoms with van der Waals surface area (Å²) >= 11 is 5.42. The summed E-state index contributed by atoms with van der Waals surface area (Å²) in [4.78, 5) is 1.46. The van der Waals surface area contributed by atoms with E-state index in [9.17, 15) is 0 Å². The molecule has 0 saturated heterocycles. The van der Waals surface area contributed by atoms with Crippen molar-refractivity contribution in [2.24, 2.45) is 5.73 Å². The first kappa shape index (κ1) is 9.69. The van der Waals surface area contributed by atoms with Gasteiger partial charge in [-0.15, -0.1) is 11.3 Å². The Hall–Kier alpha value is 0.140. The van der Waals surface area contributed by atoms with Crippen LogP contribution in [0.15, 0.2) is 3.79 Å². The van der Waals surface area contributed by atoms with Crippen LogP contribution in [0, 0.1) is 6.92 Å². The molecule has 0 bridgehead atoms. The van der Waals surface area contributed by atoms with Crippen LogP contribution in [-0.2, 0) is 6.54 Å². The maximum absolute atomic E-state index is 5.76. The van der Waals surface area contributed by atoms with Crippen LogP contribution in [0.5, 0.6) is 0 Å². The standard InChI is InChI=1S/C10H14BrNS/c1-6-9(7-3-2-4-7)8(5-12)10(11)13-6/h7H,2-5,12H2,1H3. The summed E-state index contributed by atoms with van der Waals surface area (Å²) in [7, 11) is 0. The molecule has 1 heterocycles. The fourth-order valence-electron chi connectivity index (χ4n) is 1.99. The van der Waals surface area contributed by atoms with Crippen LogP contribution in [0.25, 0.3) is 0 Å². The third-order valence-electron chi connectivity index (χ3n) is 2.90. The van der Waals surface area contributed by atoms with E-state index in [1.54, 1.807) is 5.56 Å². The van der Waals surface area contributed by atoms with Gasteiger partial charge in [0.05, 0.1) is 3.79 Å². The highest BCUT2D eigenvalue weighted by Gasteiger charge is 2.26. The molecule has 0 atom stereocenters. The summed E-state index contributed by atoms with van der Waals surface area (Å²) in [6.07, 6.45) is 4.11. The maximum Gasteiger partial charge on any atom is 0.0749 e. The summed E-state index contributed by atoms with van der Waals surface area (Å²) in [5.41, 5.74) is 8.66. The first-order valence-corrected chi connectivity index (χ1v) is 6.32. The molecule has 2 N–H and O–H groups in total. The monoisotopic (exact) mass is 259 g/mol. The second kappa shape index (κ2) is 3.71. The van der Waals surface area contributed by atoms with Crippen LogP contribution < -0.4 is 5.73 Å². The van der Waals surface area contributed by atoms with Crippen molar-refractivity contribution in [1.29, 1.82) is 0 Å². The molecule has 1 aliphatic carbocycles. The number of rotatable bonds is 2.